The van der Waals surface area contributed by atoms with Crippen LogP contribution in [0.1, 0.15) is 48.0 Å². The number of hydrogen-bond donors (Lipinski definition) is 2. The van der Waals surface area contributed by atoms with Crippen molar-refractivity contribution in [3.05, 3.63) is 29.3 Å². The van der Waals surface area contributed by atoms with Crippen molar-refractivity contribution in [2.45, 2.75) is 38.5 Å². The molecule has 3 nitrogen and oxygen atoms in total. The van der Waals surface area contributed by atoms with Crippen LogP contribution < -0.4 is 0 Å². The molecule has 0 unspecified atom stereocenters. The average Bonchev–Trinajstić information content (AvgIpc) is 2.33. The summed E-state index contributed by atoms with van der Waals surface area (Å²) in [6.07, 6.45) is 6.99. The van der Waals surface area contributed by atoms with Crippen LogP contribution >= 0.6 is 0 Å². The molecule has 0 saturated heterocycles. The molecule has 1 aliphatic rings. The van der Waals surface area contributed by atoms with Crippen molar-refractivity contribution in [3.63, 3.8) is 0 Å². The van der Waals surface area contributed by atoms with Crippen LogP contribution in [-0.2, 0) is 6.42 Å². The van der Waals surface area contributed by atoms with E-state index in [1.807, 2.05) is 0 Å². The van der Waals surface area contributed by atoms with Crippen LogP contribution in [0.15, 0.2) is 18.2 Å². The molecule has 0 aliphatic heterocycles. The number of rotatable bonds is 3. The largest absolute Gasteiger partial charge is 0.508 e. The van der Waals surface area contributed by atoms with Gasteiger partial charge < -0.3 is 10.2 Å². The molecular weight excluding hydrogens is 216 g/mol. The van der Waals surface area contributed by atoms with Gasteiger partial charge in [-0.3, -0.25) is 0 Å². The van der Waals surface area contributed by atoms with Gasteiger partial charge in [-0.05, 0) is 36.1 Å². The summed E-state index contributed by atoms with van der Waals surface area (Å²) >= 11 is 0. The fourth-order valence-corrected chi connectivity index (χ4v) is 2.58. The van der Waals surface area contributed by atoms with E-state index in [1.165, 1.54) is 44.2 Å². The molecule has 2 rings (SSSR count). The van der Waals surface area contributed by atoms with E-state index < -0.39 is 5.97 Å². The van der Waals surface area contributed by atoms with Crippen LogP contribution in [0.4, 0.5) is 0 Å². The molecular formula is C14H18O3. The standard InChI is InChI=1S/C14H18O3/c15-13-7-6-11(14(16)17)9-12(13)8-10-4-2-1-3-5-10/h6-7,9-10,15H,1-5,8H2,(H,16,17). The zero-order valence-electron chi connectivity index (χ0n) is 9.85. The highest BCUT2D eigenvalue weighted by molar-refractivity contribution is 5.88. The Labute approximate surface area is 101 Å². The van der Waals surface area contributed by atoms with Gasteiger partial charge in [0.15, 0.2) is 0 Å². The normalized spacial score (nSPS) is 16.9. The number of hydrogen-bond acceptors (Lipinski definition) is 2. The van der Waals surface area contributed by atoms with Crippen molar-refractivity contribution < 1.29 is 15.0 Å². The minimum Gasteiger partial charge on any atom is -0.508 e. The molecule has 1 aromatic carbocycles. The Hall–Kier alpha value is -1.51. The van der Waals surface area contributed by atoms with E-state index in [-0.39, 0.29) is 11.3 Å². The molecule has 0 amide bonds. The second-order valence-electron chi connectivity index (χ2n) is 4.86. The van der Waals surface area contributed by atoms with Crippen LogP contribution in [0.5, 0.6) is 5.75 Å². The number of carboxylic acids is 1. The number of aromatic carboxylic acids is 1. The molecule has 17 heavy (non-hydrogen) atoms. The van der Waals surface area contributed by atoms with Gasteiger partial charge in [-0.1, -0.05) is 32.1 Å². The van der Waals surface area contributed by atoms with Gasteiger partial charge in [0.25, 0.3) is 0 Å². The van der Waals surface area contributed by atoms with Crippen LogP contribution in [0.2, 0.25) is 0 Å². The molecule has 3 heteroatoms. The lowest BCUT2D eigenvalue weighted by atomic mass is 9.84. The lowest BCUT2D eigenvalue weighted by Crippen LogP contribution is -2.10. The minimum atomic E-state index is -0.935. The molecule has 1 aliphatic carbocycles. The third kappa shape index (κ3) is 2.99. The maximum Gasteiger partial charge on any atom is 0.335 e. The molecule has 0 atom stereocenters. The maximum absolute atomic E-state index is 10.9. The predicted octanol–water partition coefficient (Wildman–Crippen LogP) is 3.21. The first-order valence-corrected chi connectivity index (χ1v) is 6.22. The SMILES string of the molecule is O=C(O)c1ccc(O)c(CC2CCCCC2)c1. The smallest absolute Gasteiger partial charge is 0.335 e. The average molecular weight is 234 g/mol. The minimum absolute atomic E-state index is 0.223. The summed E-state index contributed by atoms with van der Waals surface area (Å²) in [5, 5.41) is 18.7. The Balaban J connectivity index is 2.13. The summed E-state index contributed by atoms with van der Waals surface area (Å²) in [5.74, 6) is -0.117. The first kappa shape index (κ1) is 12.0. The molecule has 92 valence electrons. The van der Waals surface area contributed by atoms with Gasteiger partial charge in [0.1, 0.15) is 5.75 Å². The molecule has 0 radical (unpaired) electrons. The Bertz CT molecular complexity index is 406. The van der Waals surface area contributed by atoms with Gasteiger partial charge in [0.2, 0.25) is 0 Å². The molecule has 0 spiro atoms. The van der Waals surface area contributed by atoms with Crippen LogP contribution in [0.3, 0.4) is 0 Å². The van der Waals surface area contributed by atoms with E-state index >= 15 is 0 Å². The molecule has 0 aromatic heterocycles. The third-order valence-corrected chi connectivity index (χ3v) is 3.56. The number of carboxylic acid groups (broad SMARTS) is 1. The van der Waals surface area contributed by atoms with Crippen molar-refractivity contribution in [1.82, 2.24) is 0 Å². The summed E-state index contributed by atoms with van der Waals surface area (Å²) in [6, 6.07) is 4.54. The van der Waals surface area contributed by atoms with Crippen molar-refractivity contribution in [3.8, 4) is 5.75 Å². The fraction of sp³-hybridized carbons (Fsp3) is 0.500. The quantitative estimate of drug-likeness (QED) is 0.844. The molecule has 1 saturated carbocycles. The Kier molecular flexibility index (Phi) is 3.67. The monoisotopic (exact) mass is 234 g/mol. The number of phenols is 1. The zero-order chi connectivity index (χ0) is 12.3. The topological polar surface area (TPSA) is 57.5 Å². The summed E-state index contributed by atoms with van der Waals surface area (Å²) in [4.78, 5) is 10.9. The lowest BCUT2D eigenvalue weighted by Gasteiger charge is -2.21. The van der Waals surface area contributed by atoms with Crippen LogP contribution in [-0.4, -0.2) is 16.2 Å². The Morgan fingerprint density at radius 2 is 1.94 bits per heavy atom. The summed E-state index contributed by atoms with van der Waals surface area (Å²) in [6.45, 7) is 0. The van der Waals surface area contributed by atoms with Crippen LogP contribution in [0, 0.1) is 5.92 Å². The summed E-state index contributed by atoms with van der Waals surface area (Å²) in [5.41, 5.74) is 1.03. The third-order valence-electron chi connectivity index (χ3n) is 3.56. The highest BCUT2D eigenvalue weighted by Crippen LogP contribution is 2.30. The number of benzene rings is 1. The van der Waals surface area contributed by atoms with Gasteiger partial charge in [-0.25, -0.2) is 4.79 Å². The van der Waals surface area contributed by atoms with E-state index in [4.69, 9.17) is 5.11 Å². The summed E-state index contributed by atoms with van der Waals surface area (Å²) in [7, 11) is 0. The second-order valence-corrected chi connectivity index (χ2v) is 4.86. The Morgan fingerprint density at radius 1 is 1.24 bits per heavy atom. The molecule has 2 N–H and O–H groups in total. The van der Waals surface area contributed by atoms with Gasteiger partial charge >= 0.3 is 5.97 Å². The molecule has 0 bridgehead atoms. The fourth-order valence-electron chi connectivity index (χ4n) is 2.58. The number of aromatic hydroxyl groups is 1. The van der Waals surface area contributed by atoms with Crippen molar-refractivity contribution in [2.24, 2.45) is 5.92 Å². The highest BCUT2D eigenvalue weighted by Gasteiger charge is 2.16. The van der Waals surface area contributed by atoms with Crippen molar-refractivity contribution >= 4 is 5.97 Å². The lowest BCUT2D eigenvalue weighted by molar-refractivity contribution is 0.0696. The highest BCUT2D eigenvalue weighted by atomic mass is 16.4. The maximum atomic E-state index is 10.9. The first-order chi connectivity index (χ1) is 8.16. The van der Waals surface area contributed by atoms with Gasteiger partial charge in [0, 0.05) is 0 Å². The number of phenolic OH excluding ortho intramolecular Hbond substituents is 1. The van der Waals surface area contributed by atoms with E-state index in [9.17, 15) is 9.90 Å². The van der Waals surface area contributed by atoms with E-state index in [0.717, 1.165) is 12.0 Å². The second kappa shape index (κ2) is 5.21. The van der Waals surface area contributed by atoms with E-state index in [2.05, 4.69) is 0 Å². The molecule has 1 fully saturated rings. The van der Waals surface area contributed by atoms with Gasteiger partial charge in [-0.15, -0.1) is 0 Å². The van der Waals surface area contributed by atoms with E-state index in [1.54, 1.807) is 6.07 Å². The van der Waals surface area contributed by atoms with Gasteiger partial charge in [-0.2, -0.15) is 0 Å². The van der Waals surface area contributed by atoms with Gasteiger partial charge in [0.05, 0.1) is 5.56 Å². The first-order valence-electron chi connectivity index (χ1n) is 6.22. The predicted molar refractivity (Wildman–Crippen MR) is 65.3 cm³/mol. The number of carbonyl (C=O) groups is 1. The van der Waals surface area contributed by atoms with Crippen molar-refractivity contribution in [1.29, 1.82) is 0 Å². The van der Waals surface area contributed by atoms with Crippen LogP contribution in [0.25, 0.3) is 0 Å². The zero-order valence-corrected chi connectivity index (χ0v) is 9.85. The van der Waals surface area contributed by atoms with Crippen molar-refractivity contribution in [2.75, 3.05) is 0 Å². The summed E-state index contributed by atoms with van der Waals surface area (Å²) < 4.78 is 0. The van der Waals surface area contributed by atoms with E-state index in [0.29, 0.717) is 5.92 Å². The molecule has 0 heterocycles. The Morgan fingerprint density at radius 3 is 2.59 bits per heavy atom. The molecule has 1 aromatic rings.